The van der Waals surface area contributed by atoms with Crippen LogP contribution in [0.1, 0.15) is 18.1 Å². The Balaban J connectivity index is -0.000000575. The number of carboxylic acid groups (broad SMARTS) is 1. The van der Waals surface area contributed by atoms with Gasteiger partial charge >= 0.3 is 5.97 Å². The predicted molar refractivity (Wildman–Crippen MR) is 169 cm³/mol. The van der Waals surface area contributed by atoms with Gasteiger partial charge in [0.1, 0.15) is 30.8 Å². The fraction of sp³-hybridized carbons (Fsp3) is 0.333. The van der Waals surface area contributed by atoms with Crippen molar-refractivity contribution in [2.45, 2.75) is 37.9 Å². The minimum absolute atomic E-state index is 0. The molecule has 0 heterocycles. The number of primary amides is 2. The number of hydrogen-bond donors (Lipinski definition) is 6. The summed E-state index contributed by atoms with van der Waals surface area (Å²) in [6.45, 7) is 5.24. The van der Waals surface area contributed by atoms with Crippen molar-refractivity contribution in [2.24, 2.45) is 17.2 Å². The third-order valence-electron chi connectivity index (χ3n) is 5.25. The Bertz CT molecular complexity index is 1140. The Morgan fingerprint density at radius 1 is 0.860 bits per heavy atom. The summed E-state index contributed by atoms with van der Waals surface area (Å²) in [6.07, 6.45) is 11.1. The van der Waals surface area contributed by atoms with Gasteiger partial charge in [0.2, 0.25) is 11.8 Å². The van der Waals surface area contributed by atoms with E-state index in [0.29, 0.717) is 24.3 Å². The van der Waals surface area contributed by atoms with Crippen LogP contribution < -0.4 is 37.3 Å². The van der Waals surface area contributed by atoms with Crippen LogP contribution in [0.2, 0.25) is 0 Å². The van der Waals surface area contributed by atoms with E-state index in [4.69, 9.17) is 44.6 Å². The minimum Gasteiger partial charge on any atom is -0.481 e. The largest absolute Gasteiger partial charge is 0.481 e. The second-order valence-corrected chi connectivity index (χ2v) is 8.28. The van der Waals surface area contributed by atoms with Gasteiger partial charge in [0.05, 0.1) is 12.1 Å². The van der Waals surface area contributed by atoms with Crippen LogP contribution in [-0.2, 0) is 59.9 Å². The molecule has 1 radical (unpaired) electrons. The minimum atomic E-state index is -0.817. The van der Waals surface area contributed by atoms with Crippen molar-refractivity contribution >= 4 is 27.0 Å². The number of likely N-dealkylation sites (N-methyl/N-ethyl adjacent to an activating group) is 2. The van der Waals surface area contributed by atoms with Gasteiger partial charge in [-0.05, 0) is 69.3 Å². The molecule has 43 heavy (non-hydrogen) atoms. The number of nitrogens with one attached hydrogen (secondary N) is 2. The van der Waals surface area contributed by atoms with E-state index in [1.54, 1.807) is 33.2 Å². The number of ether oxygens (including phenoxy) is 2. The number of carbonyl (C=O) groups is 3. The molecule has 1 unspecified atom stereocenters. The Labute approximate surface area is 282 Å². The van der Waals surface area contributed by atoms with E-state index in [-0.39, 0.29) is 57.9 Å². The molecule has 0 fully saturated rings. The molecule has 0 saturated carbocycles. The van der Waals surface area contributed by atoms with Crippen molar-refractivity contribution in [2.75, 3.05) is 27.3 Å². The summed E-state index contributed by atoms with van der Waals surface area (Å²) < 4.78 is 10.4. The first-order valence-corrected chi connectivity index (χ1v) is 13.4. The van der Waals surface area contributed by atoms with E-state index < -0.39 is 24.0 Å². The van der Waals surface area contributed by atoms with Crippen LogP contribution in [0.15, 0.2) is 48.5 Å². The zero-order valence-corrected chi connectivity index (χ0v) is 28.9. The molecule has 11 nitrogen and oxygen atoms in total. The topological polar surface area (TPSA) is 192 Å². The Morgan fingerprint density at radius 2 is 1.26 bits per heavy atom. The molecular weight excluding hydrogens is 646 g/mol. The summed E-state index contributed by atoms with van der Waals surface area (Å²) in [4.78, 5) is 31.7. The van der Waals surface area contributed by atoms with Crippen molar-refractivity contribution in [1.29, 1.82) is 0 Å². The monoisotopic (exact) mass is 689 g/mol. The Morgan fingerprint density at radius 3 is 1.51 bits per heavy atom. The first-order valence-electron chi connectivity index (χ1n) is 12.6. The number of hydrogen-bond acceptors (Lipinski definition) is 8. The summed E-state index contributed by atoms with van der Waals surface area (Å²) in [5.41, 5.74) is 17.8. The van der Waals surface area contributed by atoms with Crippen molar-refractivity contribution in [3.63, 3.8) is 0 Å². The average Bonchev–Trinajstić information content (AvgIpc) is 3.00. The van der Waals surface area contributed by atoms with Crippen LogP contribution >= 0.6 is 9.24 Å². The van der Waals surface area contributed by atoms with Crippen LogP contribution in [0.4, 0.5) is 0 Å². The molecular formula is C30H43N5O6PY-. The van der Waals surface area contributed by atoms with Crippen molar-refractivity contribution in [1.82, 2.24) is 10.6 Å². The molecule has 13 heteroatoms. The van der Waals surface area contributed by atoms with Gasteiger partial charge in [-0.1, -0.05) is 36.1 Å². The van der Waals surface area contributed by atoms with Gasteiger partial charge in [0.15, 0.2) is 0 Å². The standard InChI is InChI=1S/C13H16N2O2.C12H14N2O2.C4H9NO2.CH4P.Y/c1-3-8-17-11-6-4-10(5-7-11)9-12(15-2)13(14)16;1-2-7-16-10-5-3-9(4-6-10)8-11(13)12(14)15;1-3(5-2)4(6)7;1-2;/h1,4-7,12,15H,8-9H2,2H3,(H2,14,16);1,3-6,11H,7-8,13H2,(H2,14,15);3,5H,1-2H3,(H,6,7);1-2H2;/q;;;-1;/t12-;11-;3-;;/m000../s1. The number of aliphatic carboxylic acids is 1. The smallest absolute Gasteiger partial charge is 0.320 e. The van der Waals surface area contributed by atoms with E-state index >= 15 is 0 Å². The summed E-state index contributed by atoms with van der Waals surface area (Å²) in [7, 11) is 5.48. The maximum Gasteiger partial charge on any atom is 0.320 e. The number of terminal acetylenes is 2. The third-order valence-corrected chi connectivity index (χ3v) is 5.25. The molecule has 0 aliphatic rings. The number of amides is 2. The third kappa shape index (κ3) is 22.2. The van der Waals surface area contributed by atoms with E-state index in [9.17, 15) is 14.4 Å². The summed E-state index contributed by atoms with van der Waals surface area (Å²) in [6, 6.07) is 13.2. The molecule has 0 aliphatic carbocycles. The fourth-order valence-corrected chi connectivity index (χ4v) is 2.75. The predicted octanol–water partition coefficient (Wildman–Crippen LogP) is 0.698. The molecule has 0 saturated heterocycles. The number of carbonyl (C=O) groups excluding carboxylic acids is 2. The second-order valence-electron chi connectivity index (χ2n) is 8.28. The number of carboxylic acids is 1. The normalized spacial score (nSPS) is 11.2. The molecule has 2 aromatic rings. The van der Waals surface area contributed by atoms with Crippen molar-refractivity contribution < 1.29 is 61.7 Å². The maximum absolute atomic E-state index is 11.1. The Hall–Kier alpha value is -3.02. The first kappa shape index (κ1) is 44.4. The average molecular weight is 690 g/mol. The van der Waals surface area contributed by atoms with Crippen LogP contribution in [-0.4, -0.2) is 68.3 Å². The van der Waals surface area contributed by atoms with E-state index in [2.05, 4.69) is 38.4 Å². The fourth-order valence-electron chi connectivity index (χ4n) is 2.75. The van der Waals surface area contributed by atoms with E-state index in [1.165, 1.54) is 0 Å². The van der Waals surface area contributed by atoms with Crippen LogP contribution in [0, 0.1) is 31.4 Å². The van der Waals surface area contributed by atoms with Gasteiger partial charge in [-0.15, -0.1) is 12.8 Å². The summed E-state index contributed by atoms with van der Waals surface area (Å²) >= 11 is 0. The molecule has 233 valence electrons. The molecule has 0 aromatic heterocycles. The zero-order valence-electron chi connectivity index (χ0n) is 24.9. The van der Waals surface area contributed by atoms with Crippen LogP contribution in [0.3, 0.4) is 0 Å². The maximum atomic E-state index is 11.1. The molecule has 0 aliphatic heterocycles. The molecule has 2 aromatic carbocycles. The summed E-state index contributed by atoms with van der Waals surface area (Å²) in [5, 5.41) is 13.6. The second kappa shape index (κ2) is 27.8. The number of benzene rings is 2. The molecule has 0 bridgehead atoms. The molecule has 0 spiro atoms. The van der Waals surface area contributed by atoms with Gasteiger partial charge in [-0.25, -0.2) is 0 Å². The zero-order chi connectivity index (χ0) is 32.5. The SMILES string of the molecule is C#CCOc1ccc(C[C@H](N)C(N)=O)cc1.C#CCOc1ccc(C[C@H](NC)C(N)=O)cc1.CN[C@@H](C)C(=O)O.[CH2-]P.[Y]. The van der Waals surface area contributed by atoms with Gasteiger partial charge in [-0.3, -0.25) is 14.4 Å². The summed E-state index contributed by atoms with van der Waals surface area (Å²) in [5.74, 6) is 4.49. The first-order chi connectivity index (χ1) is 20.0. The van der Waals surface area contributed by atoms with Gasteiger partial charge < -0.3 is 58.3 Å². The van der Waals surface area contributed by atoms with Crippen molar-refractivity contribution in [3.8, 4) is 36.2 Å². The van der Waals surface area contributed by atoms with Gasteiger partial charge in [0, 0.05) is 32.7 Å². The molecule has 9 N–H and O–H groups in total. The van der Waals surface area contributed by atoms with Gasteiger partial charge in [-0.2, -0.15) is 0 Å². The molecule has 2 rings (SSSR count). The van der Waals surface area contributed by atoms with E-state index in [0.717, 1.165) is 11.1 Å². The Kier molecular flexibility index (Phi) is 28.7. The quantitative estimate of drug-likeness (QED) is 0.0999. The van der Waals surface area contributed by atoms with Crippen LogP contribution in [0.5, 0.6) is 11.5 Å². The molecule has 4 atom stereocenters. The number of rotatable bonds is 13. The van der Waals surface area contributed by atoms with Gasteiger partial charge in [0.25, 0.3) is 0 Å². The van der Waals surface area contributed by atoms with E-state index in [1.807, 2.05) is 36.4 Å². The molecule has 2 amide bonds. The number of nitrogens with two attached hydrogens (primary N) is 3. The van der Waals surface area contributed by atoms with Crippen LogP contribution in [0.25, 0.3) is 0 Å². The van der Waals surface area contributed by atoms with Crippen molar-refractivity contribution in [3.05, 3.63) is 66.3 Å².